The molecule has 2 atom stereocenters. The van der Waals surface area contributed by atoms with Crippen molar-refractivity contribution in [3.05, 3.63) is 64.7 Å². The minimum absolute atomic E-state index is 0.119. The fraction of sp³-hybridized carbons (Fsp3) is 0.381. The summed E-state index contributed by atoms with van der Waals surface area (Å²) in [5, 5.41) is 3.65. The van der Waals surface area contributed by atoms with Gasteiger partial charge in [0, 0.05) is 18.1 Å². The van der Waals surface area contributed by atoms with E-state index >= 15 is 0 Å². The van der Waals surface area contributed by atoms with Crippen LogP contribution in [0.1, 0.15) is 36.9 Å². The van der Waals surface area contributed by atoms with Crippen molar-refractivity contribution in [3.8, 4) is 0 Å². The van der Waals surface area contributed by atoms with Crippen molar-refractivity contribution in [2.45, 2.75) is 37.6 Å². The minimum Gasteiger partial charge on any atom is -0.349 e. The van der Waals surface area contributed by atoms with Crippen LogP contribution in [0, 0.1) is 12.8 Å². The van der Waals surface area contributed by atoms with E-state index < -0.39 is 10.0 Å². The first-order valence-electron chi connectivity index (χ1n) is 9.40. The van der Waals surface area contributed by atoms with Gasteiger partial charge < -0.3 is 5.32 Å². The van der Waals surface area contributed by atoms with Crippen molar-refractivity contribution in [1.82, 2.24) is 9.62 Å². The quantitative estimate of drug-likeness (QED) is 0.796. The van der Waals surface area contributed by atoms with Crippen molar-refractivity contribution in [2.75, 3.05) is 13.1 Å². The number of nitrogens with zero attached hydrogens (tertiary/aromatic N) is 1. The highest BCUT2D eigenvalue weighted by atomic mass is 35.5. The van der Waals surface area contributed by atoms with Crippen molar-refractivity contribution in [3.63, 3.8) is 0 Å². The van der Waals surface area contributed by atoms with Crippen LogP contribution in [0.5, 0.6) is 0 Å². The van der Waals surface area contributed by atoms with E-state index in [1.54, 1.807) is 36.4 Å². The lowest BCUT2D eigenvalue weighted by Crippen LogP contribution is -2.45. The number of piperidine rings is 1. The normalized spacial score (nSPS) is 19.2. The van der Waals surface area contributed by atoms with Gasteiger partial charge in [-0.15, -0.1) is 0 Å². The van der Waals surface area contributed by atoms with Crippen LogP contribution < -0.4 is 5.32 Å². The first kappa shape index (κ1) is 20.8. The maximum Gasteiger partial charge on any atom is 0.243 e. The molecule has 1 N–H and O–H groups in total. The topological polar surface area (TPSA) is 66.5 Å². The summed E-state index contributed by atoms with van der Waals surface area (Å²) in [7, 11) is -3.59. The molecule has 5 nitrogen and oxygen atoms in total. The molecular formula is C21H25ClN2O3S. The predicted molar refractivity (Wildman–Crippen MR) is 111 cm³/mol. The predicted octanol–water partition coefficient (Wildman–Crippen LogP) is 3.93. The Morgan fingerprint density at radius 1 is 1.14 bits per heavy atom. The molecule has 0 bridgehead atoms. The average Bonchev–Trinajstić information content (AvgIpc) is 2.69. The fourth-order valence-corrected chi connectivity index (χ4v) is 5.05. The van der Waals surface area contributed by atoms with Crippen LogP contribution in [0.15, 0.2) is 53.4 Å². The van der Waals surface area contributed by atoms with E-state index in [4.69, 9.17) is 11.6 Å². The molecule has 0 aromatic heterocycles. The highest BCUT2D eigenvalue weighted by molar-refractivity contribution is 7.89. The van der Waals surface area contributed by atoms with Gasteiger partial charge in [0.05, 0.1) is 16.9 Å². The van der Waals surface area contributed by atoms with Crippen LogP contribution in [0.2, 0.25) is 5.02 Å². The van der Waals surface area contributed by atoms with Gasteiger partial charge in [0.1, 0.15) is 0 Å². The summed E-state index contributed by atoms with van der Waals surface area (Å²) in [5.74, 6) is -0.477. The standard InChI is InChI=1S/C21H25ClN2O3S/c1-15-5-11-20(12-6-15)28(26,27)24-13-3-4-18(14-24)21(25)23-16(2)17-7-9-19(22)10-8-17/h5-12,16,18H,3-4,13-14H2,1-2H3,(H,23,25)/t16-,18+/m1/s1. The number of carbonyl (C=O) groups excluding carboxylic acids is 1. The summed E-state index contributed by atoms with van der Waals surface area (Å²) in [6.07, 6.45) is 1.34. The number of hydrogen-bond donors (Lipinski definition) is 1. The molecule has 3 rings (SSSR count). The number of amides is 1. The third-order valence-electron chi connectivity index (χ3n) is 5.14. The number of hydrogen-bond acceptors (Lipinski definition) is 3. The smallest absolute Gasteiger partial charge is 0.243 e. The molecule has 0 saturated carbocycles. The van der Waals surface area contributed by atoms with E-state index in [0.717, 1.165) is 11.1 Å². The van der Waals surface area contributed by atoms with Gasteiger partial charge in [0.15, 0.2) is 0 Å². The second kappa shape index (κ2) is 8.64. The molecule has 1 aliphatic rings. The Kier molecular flexibility index (Phi) is 6.43. The van der Waals surface area contributed by atoms with E-state index in [1.165, 1.54) is 4.31 Å². The summed E-state index contributed by atoms with van der Waals surface area (Å²) in [6.45, 7) is 4.46. The maximum atomic E-state index is 12.9. The highest BCUT2D eigenvalue weighted by Crippen LogP contribution is 2.25. The van der Waals surface area contributed by atoms with Crippen LogP contribution in [0.3, 0.4) is 0 Å². The van der Waals surface area contributed by atoms with Crippen LogP contribution >= 0.6 is 11.6 Å². The Morgan fingerprint density at radius 2 is 1.79 bits per heavy atom. The minimum atomic E-state index is -3.59. The van der Waals surface area contributed by atoms with Crippen molar-refractivity contribution in [2.24, 2.45) is 5.92 Å². The molecule has 1 amide bonds. The number of carbonyl (C=O) groups is 1. The first-order valence-corrected chi connectivity index (χ1v) is 11.2. The largest absolute Gasteiger partial charge is 0.349 e. The Bertz CT molecular complexity index is 927. The molecule has 7 heteroatoms. The van der Waals surface area contributed by atoms with E-state index in [-0.39, 0.29) is 29.3 Å². The van der Waals surface area contributed by atoms with E-state index in [9.17, 15) is 13.2 Å². The van der Waals surface area contributed by atoms with Crippen molar-refractivity contribution >= 4 is 27.5 Å². The Morgan fingerprint density at radius 3 is 2.43 bits per heavy atom. The molecule has 0 radical (unpaired) electrons. The van der Waals surface area contributed by atoms with Crippen LogP contribution in [-0.4, -0.2) is 31.7 Å². The first-order chi connectivity index (χ1) is 13.3. The zero-order valence-corrected chi connectivity index (χ0v) is 17.6. The number of benzene rings is 2. The highest BCUT2D eigenvalue weighted by Gasteiger charge is 2.33. The molecule has 28 heavy (non-hydrogen) atoms. The monoisotopic (exact) mass is 420 g/mol. The summed E-state index contributed by atoms with van der Waals surface area (Å²) in [4.78, 5) is 13.0. The molecule has 2 aromatic rings. The second-order valence-electron chi connectivity index (χ2n) is 7.30. The molecule has 1 aliphatic heterocycles. The second-order valence-corrected chi connectivity index (χ2v) is 9.67. The lowest BCUT2D eigenvalue weighted by atomic mass is 9.98. The van der Waals surface area contributed by atoms with Gasteiger partial charge in [-0.1, -0.05) is 41.4 Å². The fourth-order valence-electron chi connectivity index (χ4n) is 3.40. The molecular weight excluding hydrogens is 396 g/mol. The molecule has 1 fully saturated rings. The van der Waals surface area contributed by atoms with Gasteiger partial charge in [0.2, 0.25) is 15.9 Å². The average molecular weight is 421 g/mol. The summed E-state index contributed by atoms with van der Waals surface area (Å²) >= 11 is 5.91. The maximum absolute atomic E-state index is 12.9. The molecule has 0 aliphatic carbocycles. The summed E-state index contributed by atoms with van der Waals surface area (Å²) in [6, 6.07) is 14.0. The molecule has 2 aromatic carbocycles. The van der Waals surface area contributed by atoms with Gasteiger partial charge in [-0.2, -0.15) is 4.31 Å². The van der Waals surface area contributed by atoms with Crippen LogP contribution in [-0.2, 0) is 14.8 Å². The Balaban J connectivity index is 1.67. The molecule has 1 heterocycles. The SMILES string of the molecule is Cc1ccc(S(=O)(=O)N2CCC[C@H](C(=O)N[C@H](C)c3ccc(Cl)cc3)C2)cc1. The van der Waals surface area contributed by atoms with Gasteiger partial charge in [-0.3, -0.25) is 4.79 Å². The third-order valence-corrected chi connectivity index (χ3v) is 7.27. The number of halogens is 1. The number of sulfonamides is 1. The molecule has 1 saturated heterocycles. The lowest BCUT2D eigenvalue weighted by Gasteiger charge is -2.32. The Labute approximate surface area is 171 Å². The lowest BCUT2D eigenvalue weighted by molar-refractivity contribution is -0.126. The van der Waals surface area contributed by atoms with Gasteiger partial charge in [-0.05, 0) is 56.5 Å². The summed E-state index contributed by atoms with van der Waals surface area (Å²) in [5.41, 5.74) is 1.96. The summed E-state index contributed by atoms with van der Waals surface area (Å²) < 4.78 is 27.3. The van der Waals surface area contributed by atoms with Gasteiger partial charge in [0.25, 0.3) is 0 Å². The van der Waals surface area contributed by atoms with Gasteiger partial charge >= 0.3 is 0 Å². The van der Waals surface area contributed by atoms with Crippen LogP contribution in [0.4, 0.5) is 0 Å². The zero-order chi connectivity index (χ0) is 20.3. The number of rotatable bonds is 5. The van der Waals surface area contributed by atoms with Crippen LogP contribution in [0.25, 0.3) is 0 Å². The molecule has 0 unspecified atom stereocenters. The van der Waals surface area contributed by atoms with E-state index in [0.29, 0.717) is 24.4 Å². The third kappa shape index (κ3) is 4.74. The number of nitrogens with one attached hydrogen (secondary N) is 1. The number of aryl methyl sites for hydroxylation is 1. The molecule has 150 valence electrons. The zero-order valence-electron chi connectivity index (χ0n) is 16.1. The van der Waals surface area contributed by atoms with Gasteiger partial charge in [-0.25, -0.2) is 8.42 Å². The molecule has 0 spiro atoms. The van der Waals surface area contributed by atoms with E-state index in [1.807, 2.05) is 26.0 Å². The van der Waals surface area contributed by atoms with Crippen molar-refractivity contribution in [1.29, 1.82) is 0 Å². The van der Waals surface area contributed by atoms with Crippen molar-refractivity contribution < 1.29 is 13.2 Å². The Hall–Kier alpha value is -1.89. The van der Waals surface area contributed by atoms with E-state index in [2.05, 4.69) is 5.32 Å².